The van der Waals surface area contributed by atoms with E-state index in [1.807, 2.05) is 12.1 Å². The smallest absolute Gasteiger partial charge is 0.0865 e. The number of hydrogen-bond acceptors (Lipinski definition) is 2. The number of halogens is 1. The molecule has 1 aromatic carbocycles. The first kappa shape index (κ1) is 12.5. The SMILES string of the molecule is Clc1ccc(C2OCCCC2CNC2CC2)cc1. The molecule has 18 heavy (non-hydrogen) atoms. The third-order valence-electron chi connectivity index (χ3n) is 3.89. The first-order valence-corrected chi connectivity index (χ1v) is 7.31. The monoisotopic (exact) mass is 265 g/mol. The molecular formula is C15H20ClNO. The molecule has 2 aliphatic rings. The third kappa shape index (κ3) is 3.05. The summed E-state index contributed by atoms with van der Waals surface area (Å²) in [4.78, 5) is 0. The van der Waals surface area contributed by atoms with Gasteiger partial charge >= 0.3 is 0 Å². The molecule has 2 atom stereocenters. The van der Waals surface area contributed by atoms with Crippen molar-refractivity contribution in [1.29, 1.82) is 0 Å². The molecule has 1 heterocycles. The fraction of sp³-hybridized carbons (Fsp3) is 0.600. The highest BCUT2D eigenvalue weighted by Crippen LogP contribution is 2.34. The van der Waals surface area contributed by atoms with Crippen LogP contribution in [0.4, 0.5) is 0 Å². The lowest BCUT2D eigenvalue weighted by Crippen LogP contribution is -2.32. The minimum absolute atomic E-state index is 0.238. The van der Waals surface area contributed by atoms with Crippen LogP contribution in [0, 0.1) is 5.92 Å². The summed E-state index contributed by atoms with van der Waals surface area (Å²) in [6.45, 7) is 1.96. The molecule has 0 spiro atoms. The zero-order valence-corrected chi connectivity index (χ0v) is 11.3. The number of ether oxygens (including phenoxy) is 1. The van der Waals surface area contributed by atoms with Crippen LogP contribution in [0.2, 0.25) is 5.02 Å². The largest absolute Gasteiger partial charge is 0.373 e. The van der Waals surface area contributed by atoms with Crippen LogP contribution in [0.3, 0.4) is 0 Å². The summed E-state index contributed by atoms with van der Waals surface area (Å²) in [5, 5.41) is 4.43. The maximum Gasteiger partial charge on any atom is 0.0865 e. The molecule has 2 unspecified atom stereocenters. The molecule has 1 saturated heterocycles. The van der Waals surface area contributed by atoms with Crippen LogP contribution < -0.4 is 5.32 Å². The van der Waals surface area contributed by atoms with Gasteiger partial charge in [0, 0.05) is 30.1 Å². The van der Waals surface area contributed by atoms with Crippen LogP contribution >= 0.6 is 11.6 Å². The molecular weight excluding hydrogens is 246 g/mol. The van der Waals surface area contributed by atoms with Crippen LogP contribution in [0.15, 0.2) is 24.3 Å². The molecule has 0 radical (unpaired) electrons. The predicted molar refractivity (Wildman–Crippen MR) is 73.9 cm³/mol. The van der Waals surface area contributed by atoms with Crippen molar-refractivity contribution in [3.05, 3.63) is 34.9 Å². The Balaban J connectivity index is 1.67. The first-order chi connectivity index (χ1) is 8.83. The topological polar surface area (TPSA) is 21.3 Å². The number of benzene rings is 1. The zero-order valence-electron chi connectivity index (χ0n) is 10.6. The molecule has 3 heteroatoms. The summed E-state index contributed by atoms with van der Waals surface area (Å²) in [7, 11) is 0. The van der Waals surface area contributed by atoms with Gasteiger partial charge in [0.25, 0.3) is 0 Å². The van der Waals surface area contributed by atoms with Crippen molar-refractivity contribution < 1.29 is 4.74 Å². The minimum Gasteiger partial charge on any atom is -0.373 e. The lowest BCUT2D eigenvalue weighted by atomic mass is 9.89. The van der Waals surface area contributed by atoms with Gasteiger partial charge in [0.15, 0.2) is 0 Å². The normalized spacial score (nSPS) is 28.3. The van der Waals surface area contributed by atoms with E-state index in [9.17, 15) is 0 Å². The van der Waals surface area contributed by atoms with Gasteiger partial charge in [-0.1, -0.05) is 23.7 Å². The van der Waals surface area contributed by atoms with Crippen LogP contribution in [-0.4, -0.2) is 19.2 Å². The van der Waals surface area contributed by atoms with Crippen molar-refractivity contribution in [2.45, 2.75) is 37.8 Å². The second-order valence-corrected chi connectivity index (χ2v) is 5.86. The van der Waals surface area contributed by atoms with Crippen LogP contribution in [-0.2, 0) is 4.74 Å². The van der Waals surface area contributed by atoms with E-state index in [0.29, 0.717) is 5.92 Å². The van der Waals surface area contributed by atoms with Crippen LogP contribution in [0.1, 0.15) is 37.4 Å². The molecule has 2 fully saturated rings. The molecule has 0 bridgehead atoms. The van der Waals surface area contributed by atoms with Crippen molar-refractivity contribution in [3.8, 4) is 0 Å². The lowest BCUT2D eigenvalue weighted by Gasteiger charge is -2.32. The van der Waals surface area contributed by atoms with E-state index in [2.05, 4.69) is 17.4 Å². The predicted octanol–water partition coefficient (Wildman–Crippen LogP) is 3.56. The van der Waals surface area contributed by atoms with E-state index >= 15 is 0 Å². The Hall–Kier alpha value is -0.570. The summed E-state index contributed by atoms with van der Waals surface area (Å²) in [5.41, 5.74) is 1.27. The highest BCUT2D eigenvalue weighted by Gasteiger charge is 2.29. The van der Waals surface area contributed by atoms with Crippen molar-refractivity contribution in [2.75, 3.05) is 13.2 Å². The molecule has 98 valence electrons. The van der Waals surface area contributed by atoms with Crippen LogP contribution in [0.5, 0.6) is 0 Å². The van der Waals surface area contributed by atoms with E-state index in [4.69, 9.17) is 16.3 Å². The van der Waals surface area contributed by atoms with Gasteiger partial charge in [0.1, 0.15) is 0 Å². The molecule has 1 aliphatic carbocycles. The van der Waals surface area contributed by atoms with Crippen molar-refractivity contribution >= 4 is 11.6 Å². The molecule has 1 aromatic rings. The molecule has 0 aromatic heterocycles. The van der Waals surface area contributed by atoms with Crippen molar-refractivity contribution in [3.63, 3.8) is 0 Å². The van der Waals surface area contributed by atoms with Gasteiger partial charge in [0.05, 0.1) is 6.10 Å². The van der Waals surface area contributed by atoms with Gasteiger partial charge in [0.2, 0.25) is 0 Å². The maximum absolute atomic E-state index is 5.99. The van der Waals surface area contributed by atoms with Gasteiger partial charge in [-0.2, -0.15) is 0 Å². The Morgan fingerprint density at radius 2 is 1.94 bits per heavy atom. The van der Waals surface area contributed by atoms with E-state index in [1.165, 1.54) is 31.2 Å². The van der Waals surface area contributed by atoms with Gasteiger partial charge in [-0.25, -0.2) is 0 Å². The Bertz CT molecular complexity index is 388. The standard InChI is InChI=1S/C15H20ClNO/c16-13-5-3-11(4-6-13)15-12(2-1-9-18-15)10-17-14-7-8-14/h3-6,12,14-15,17H,1-2,7-10H2. The molecule has 1 aliphatic heterocycles. The number of nitrogens with one attached hydrogen (secondary N) is 1. The minimum atomic E-state index is 0.238. The Labute approximate surface area is 114 Å². The summed E-state index contributed by atoms with van der Waals surface area (Å²) in [6, 6.07) is 8.89. The zero-order chi connectivity index (χ0) is 12.4. The van der Waals surface area contributed by atoms with E-state index in [0.717, 1.165) is 24.2 Å². The maximum atomic E-state index is 5.99. The summed E-state index contributed by atoms with van der Waals surface area (Å²) < 4.78 is 5.99. The summed E-state index contributed by atoms with van der Waals surface area (Å²) in [6.07, 6.45) is 5.37. The van der Waals surface area contributed by atoms with Gasteiger partial charge < -0.3 is 10.1 Å². The highest BCUT2D eigenvalue weighted by molar-refractivity contribution is 6.30. The fourth-order valence-electron chi connectivity index (χ4n) is 2.68. The lowest BCUT2D eigenvalue weighted by molar-refractivity contribution is -0.0278. The van der Waals surface area contributed by atoms with Crippen LogP contribution in [0.25, 0.3) is 0 Å². The van der Waals surface area contributed by atoms with Gasteiger partial charge in [-0.15, -0.1) is 0 Å². The molecule has 1 saturated carbocycles. The molecule has 3 rings (SSSR count). The summed E-state index contributed by atoms with van der Waals surface area (Å²) in [5.74, 6) is 0.598. The quantitative estimate of drug-likeness (QED) is 0.899. The van der Waals surface area contributed by atoms with E-state index in [-0.39, 0.29) is 6.10 Å². The Kier molecular flexibility index (Phi) is 3.88. The van der Waals surface area contributed by atoms with E-state index in [1.54, 1.807) is 0 Å². The average Bonchev–Trinajstić information content (AvgIpc) is 3.22. The second-order valence-electron chi connectivity index (χ2n) is 5.43. The van der Waals surface area contributed by atoms with Crippen molar-refractivity contribution in [2.24, 2.45) is 5.92 Å². The first-order valence-electron chi connectivity index (χ1n) is 6.93. The summed E-state index contributed by atoms with van der Waals surface area (Å²) >= 11 is 5.94. The highest BCUT2D eigenvalue weighted by atomic mass is 35.5. The molecule has 1 N–H and O–H groups in total. The molecule has 2 nitrogen and oxygen atoms in total. The second kappa shape index (κ2) is 5.60. The van der Waals surface area contributed by atoms with Gasteiger partial charge in [-0.3, -0.25) is 0 Å². The Morgan fingerprint density at radius 1 is 1.17 bits per heavy atom. The number of hydrogen-bond donors (Lipinski definition) is 1. The van der Waals surface area contributed by atoms with E-state index < -0.39 is 0 Å². The number of rotatable bonds is 4. The fourth-order valence-corrected chi connectivity index (χ4v) is 2.80. The third-order valence-corrected chi connectivity index (χ3v) is 4.14. The molecule has 0 amide bonds. The Morgan fingerprint density at radius 3 is 2.67 bits per heavy atom. The van der Waals surface area contributed by atoms with Gasteiger partial charge in [-0.05, 0) is 43.4 Å². The average molecular weight is 266 g/mol. The van der Waals surface area contributed by atoms with Crippen molar-refractivity contribution in [1.82, 2.24) is 5.32 Å².